The van der Waals surface area contributed by atoms with Crippen molar-refractivity contribution in [3.05, 3.63) is 134 Å². The fraction of sp³-hybridized carbons (Fsp3) is 0. The first-order valence-electron chi connectivity index (χ1n) is 13.4. The number of fused-ring (bicyclic) bond motifs is 2. The van der Waals surface area contributed by atoms with Gasteiger partial charge in [-0.25, -0.2) is 15.0 Å². The zero-order valence-corrected chi connectivity index (χ0v) is 21.9. The van der Waals surface area contributed by atoms with Crippen molar-refractivity contribution in [3.8, 4) is 45.2 Å². The summed E-state index contributed by atoms with van der Waals surface area (Å²) in [5, 5.41) is 2.22. The maximum atomic E-state index is 5.02. The molecule has 6 heteroatoms. The molecular formula is C35H22N6. The molecule has 6 nitrogen and oxygen atoms in total. The van der Waals surface area contributed by atoms with E-state index in [4.69, 9.17) is 19.9 Å². The van der Waals surface area contributed by atoms with Crippen LogP contribution in [0.5, 0.6) is 0 Å². The molecule has 0 saturated carbocycles. The first kappa shape index (κ1) is 23.2. The van der Waals surface area contributed by atoms with Gasteiger partial charge in [0.2, 0.25) is 5.95 Å². The van der Waals surface area contributed by atoms with Gasteiger partial charge in [0, 0.05) is 22.1 Å². The molecule has 1 aliphatic heterocycles. The number of rotatable bonds is 4. The van der Waals surface area contributed by atoms with Crippen LogP contribution in [0.25, 0.3) is 55.9 Å². The fourth-order valence-corrected chi connectivity index (χ4v) is 5.51. The third kappa shape index (κ3) is 3.93. The summed E-state index contributed by atoms with van der Waals surface area (Å²) in [7, 11) is 0. The number of aromatic nitrogens is 5. The maximum absolute atomic E-state index is 5.02. The minimum Gasteiger partial charge on any atom is -0.275 e. The minimum atomic E-state index is 0.513. The summed E-state index contributed by atoms with van der Waals surface area (Å²) >= 11 is 0. The summed E-state index contributed by atoms with van der Waals surface area (Å²) < 4.78 is 0. The van der Waals surface area contributed by atoms with Crippen molar-refractivity contribution in [1.29, 1.82) is 0 Å². The highest BCUT2D eigenvalue weighted by Gasteiger charge is 2.30. The molecule has 0 fully saturated rings. The summed E-state index contributed by atoms with van der Waals surface area (Å²) in [5.74, 6) is 1.72. The number of anilines is 3. The lowest BCUT2D eigenvalue weighted by molar-refractivity contribution is 1.01. The predicted octanol–water partition coefficient (Wildman–Crippen LogP) is 8.27. The van der Waals surface area contributed by atoms with Crippen molar-refractivity contribution < 1.29 is 0 Å². The Kier molecular flexibility index (Phi) is 5.35. The molecule has 7 aromatic rings. The topological polar surface area (TPSA) is 67.7 Å². The van der Waals surface area contributed by atoms with Crippen molar-refractivity contribution in [1.82, 2.24) is 24.9 Å². The van der Waals surface area contributed by atoms with Gasteiger partial charge < -0.3 is 0 Å². The van der Waals surface area contributed by atoms with Gasteiger partial charge in [-0.3, -0.25) is 4.90 Å². The maximum Gasteiger partial charge on any atom is 0.238 e. The zero-order valence-electron chi connectivity index (χ0n) is 21.9. The second-order valence-corrected chi connectivity index (χ2v) is 9.87. The van der Waals surface area contributed by atoms with Crippen molar-refractivity contribution in [3.63, 3.8) is 0 Å². The van der Waals surface area contributed by atoms with E-state index in [9.17, 15) is 0 Å². The predicted molar refractivity (Wildman–Crippen MR) is 163 cm³/mol. The van der Waals surface area contributed by atoms with E-state index < -0.39 is 0 Å². The van der Waals surface area contributed by atoms with E-state index in [0.29, 0.717) is 17.6 Å². The SMILES string of the molecule is c1ccc(-c2cc3c4c(cccc4c2)N(c2nc(-c4ccccc4)nc(-c4ccccc4)n2)c2cncnc2-3)cc1. The molecule has 0 radical (unpaired) electrons. The summed E-state index contributed by atoms with van der Waals surface area (Å²) in [6.07, 6.45) is 3.44. The normalized spacial score (nSPS) is 11.9. The Morgan fingerprint density at radius 1 is 0.512 bits per heavy atom. The summed E-state index contributed by atoms with van der Waals surface area (Å²) in [6, 6.07) is 41.2. The van der Waals surface area contributed by atoms with E-state index >= 15 is 0 Å². The number of hydrogen-bond acceptors (Lipinski definition) is 6. The van der Waals surface area contributed by atoms with Gasteiger partial charge in [0.15, 0.2) is 11.6 Å². The zero-order chi connectivity index (χ0) is 27.2. The van der Waals surface area contributed by atoms with Gasteiger partial charge in [-0.05, 0) is 34.7 Å². The van der Waals surface area contributed by atoms with Crippen LogP contribution in [0.2, 0.25) is 0 Å². The fourth-order valence-electron chi connectivity index (χ4n) is 5.51. The summed E-state index contributed by atoms with van der Waals surface area (Å²) in [6.45, 7) is 0. The number of nitrogens with zero attached hydrogens (tertiary/aromatic N) is 6. The molecule has 2 aromatic heterocycles. The van der Waals surface area contributed by atoms with Crippen LogP contribution in [0.1, 0.15) is 0 Å². The molecule has 3 heterocycles. The highest BCUT2D eigenvalue weighted by molar-refractivity contribution is 6.13. The monoisotopic (exact) mass is 526 g/mol. The molecule has 41 heavy (non-hydrogen) atoms. The molecule has 0 aliphatic carbocycles. The van der Waals surface area contributed by atoms with Gasteiger partial charge in [-0.2, -0.15) is 9.97 Å². The number of hydrogen-bond donors (Lipinski definition) is 0. The van der Waals surface area contributed by atoms with Crippen LogP contribution in [-0.4, -0.2) is 24.9 Å². The summed E-state index contributed by atoms with van der Waals surface area (Å²) in [4.78, 5) is 26.2. The minimum absolute atomic E-state index is 0.513. The van der Waals surface area contributed by atoms with Crippen LogP contribution in [0.15, 0.2) is 134 Å². The lowest BCUT2D eigenvalue weighted by atomic mass is 9.91. The van der Waals surface area contributed by atoms with Gasteiger partial charge >= 0.3 is 0 Å². The summed E-state index contributed by atoms with van der Waals surface area (Å²) in [5.41, 5.74) is 7.83. The largest absolute Gasteiger partial charge is 0.275 e. The third-order valence-corrected chi connectivity index (χ3v) is 7.38. The van der Waals surface area contributed by atoms with Crippen molar-refractivity contribution in [2.45, 2.75) is 0 Å². The average molecular weight is 527 g/mol. The lowest BCUT2D eigenvalue weighted by Crippen LogP contribution is -2.19. The molecule has 0 unspecified atom stereocenters. The quantitative estimate of drug-likeness (QED) is 0.230. The van der Waals surface area contributed by atoms with E-state index in [1.54, 1.807) is 6.33 Å². The molecule has 0 bridgehead atoms. The Morgan fingerprint density at radius 3 is 1.80 bits per heavy atom. The highest BCUT2D eigenvalue weighted by Crippen LogP contribution is 2.50. The average Bonchev–Trinajstić information content (AvgIpc) is 3.06. The van der Waals surface area contributed by atoms with E-state index in [2.05, 4.69) is 64.5 Å². The van der Waals surface area contributed by atoms with Crippen LogP contribution in [-0.2, 0) is 0 Å². The molecule has 192 valence electrons. The van der Waals surface area contributed by atoms with Crippen LogP contribution in [0.4, 0.5) is 17.3 Å². The molecule has 0 saturated heterocycles. The van der Waals surface area contributed by atoms with E-state index in [1.807, 2.05) is 72.9 Å². The van der Waals surface area contributed by atoms with E-state index in [1.165, 1.54) is 0 Å². The van der Waals surface area contributed by atoms with Gasteiger partial charge in [0.05, 0.1) is 23.3 Å². The molecule has 0 amide bonds. The van der Waals surface area contributed by atoms with Gasteiger partial charge in [0.25, 0.3) is 0 Å². The van der Waals surface area contributed by atoms with Crippen LogP contribution in [0.3, 0.4) is 0 Å². The van der Waals surface area contributed by atoms with Crippen molar-refractivity contribution >= 4 is 28.1 Å². The van der Waals surface area contributed by atoms with E-state index in [0.717, 1.165) is 55.7 Å². The molecule has 0 atom stereocenters. The Morgan fingerprint density at radius 2 is 1.15 bits per heavy atom. The molecule has 8 rings (SSSR count). The third-order valence-electron chi connectivity index (χ3n) is 7.38. The van der Waals surface area contributed by atoms with Crippen LogP contribution in [0, 0.1) is 0 Å². The first-order valence-corrected chi connectivity index (χ1v) is 13.4. The van der Waals surface area contributed by atoms with Crippen LogP contribution < -0.4 is 4.90 Å². The highest BCUT2D eigenvalue weighted by atomic mass is 15.3. The molecule has 1 aliphatic rings. The van der Waals surface area contributed by atoms with Gasteiger partial charge in [-0.15, -0.1) is 0 Å². The van der Waals surface area contributed by atoms with Gasteiger partial charge in [-0.1, -0.05) is 103 Å². The first-order chi connectivity index (χ1) is 20.3. The Hall–Kier alpha value is -5.75. The van der Waals surface area contributed by atoms with Gasteiger partial charge in [0.1, 0.15) is 6.33 Å². The smallest absolute Gasteiger partial charge is 0.238 e. The second-order valence-electron chi connectivity index (χ2n) is 9.87. The molecule has 0 N–H and O–H groups in total. The van der Waals surface area contributed by atoms with E-state index in [-0.39, 0.29) is 0 Å². The Balaban J connectivity index is 1.41. The number of benzene rings is 5. The Bertz CT molecular complexity index is 1990. The Labute approximate surface area is 236 Å². The standard InChI is InChI=1S/C35H22N6/c1-4-11-23(12-5-1)27-19-26-17-10-18-29-31(26)28(20-27)32-30(21-36-22-37-32)41(29)35-39-33(24-13-6-2-7-14-24)38-34(40-35)25-15-8-3-9-16-25/h1-22H. The van der Waals surface area contributed by atoms with Crippen molar-refractivity contribution in [2.75, 3.05) is 4.90 Å². The second kappa shape index (κ2) is 9.47. The molecule has 5 aromatic carbocycles. The lowest BCUT2D eigenvalue weighted by Gasteiger charge is -2.31. The molecular weight excluding hydrogens is 504 g/mol. The molecule has 0 spiro atoms. The van der Waals surface area contributed by atoms with Crippen LogP contribution >= 0.6 is 0 Å². The van der Waals surface area contributed by atoms with Crippen molar-refractivity contribution in [2.24, 2.45) is 0 Å².